The first-order valence-electron chi connectivity index (χ1n) is 13.7. The van der Waals surface area contributed by atoms with E-state index in [4.69, 9.17) is 14.2 Å². The second-order valence-electron chi connectivity index (χ2n) is 15.3. The Morgan fingerprint density at radius 2 is 0.694 bits per heavy atom. The van der Waals surface area contributed by atoms with E-state index in [9.17, 15) is 0 Å². The van der Waals surface area contributed by atoms with Crippen LogP contribution in [-0.2, 0) is 0 Å². The number of rotatable bonds is 6. The molecule has 4 rings (SSSR count). The zero-order chi connectivity index (χ0) is 26.9. The molecule has 3 aliphatic rings. The third-order valence-electron chi connectivity index (χ3n) is 8.17. The molecule has 0 spiro atoms. The van der Waals surface area contributed by atoms with Gasteiger partial charge in [-0.2, -0.15) is 0 Å². The normalized spacial score (nSPS) is 32.8. The van der Waals surface area contributed by atoms with Crippen molar-refractivity contribution in [1.82, 2.24) is 16.0 Å². The van der Waals surface area contributed by atoms with Gasteiger partial charge in [-0.25, -0.2) is 0 Å². The van der Waals surface area contributed by atoms with Gasteiger partial charge in [-0.3, -0.25) is 0 Å². The maximum absolute atomic E-state index is 6.67. The molecule has 3 heterocycles. The Balaban J connectivity index is 1.63. The van der Waals surface area contributed by atoms with Gasteiger partial charge >= 0.3 is 0 Å². The lowest BCUT2D eigenvalue weighted by Crippen LogP contribution is -2.48. The van der Waals surface area contributed by atoms with Crippen molar-refractivity contribution in [3.63, 3.8) is 0 Å². The van der Waals surface area contributed by atoms with Gasteiger partial charge in [-0.15, -0.1) is 0 Å². The van der Waals surface area contributed by atoms with Crippen LogP contribution in [0, 0.1) is 0 Å². The maximum atomic E-state index is 6.67. The van der Waals surface area contributed by atoms with E-state index in [1.807, 2.05) is 18.2 Å². The summed E-state index contributed by atoms with van der Waals surface area (Å²) in [5.41, 5.74) is -0.327. The number of hydrogen-bond donors (Lipinski definition) is 3. The minimum absolute atomic E-state index is 0.0256. The molecule has 0 bridgehead atoms. The van der Waals surface area contributed by atoms with Crippen LogP contribution in [-0.4, -0.2) is 51.5 Å². The van der Waals surface area contributed by atoms with Gasteiger partial charge in [-0.05, 0) is 83.1 Å². The maximum Gasteiger partial charge on any atom is 0.127 e. The average Bonchev–Trinajstić information content (AvgIpc) is 3.06. The van der Waals surface area contributed by atoms with Gasteiger partial charge in [0.05, 0.1) is 16.6 Å². The van der Waals surface area contributed by atoms with Gasteiger partial charge in [0.2, 0.25) is 0 Å². The van der Waals surface area contributed by atoms with Gasteiger partial charge in [0, 0.05) is 54.1 Å². The molecule has 0 amide bonds. The fourth-order valence-electron chi connectivity index (χ4n) is 6.98. The van der Waals surface area contributed by atoms with Crippen LogP contribution in [0.25, 0.3) is 0 Å². The molecule has 0 aromatic heterocycles. The van der Waals surface area contributed by atoms with E-state index in [2.05, 4.69) is 99.0 Å². The minimum atomic E-state index is -0.135. The van der Waals surface area contributed by atoms with Gasteiger partial charge in [0.1, 0.15) is 35.6 Å². The standard InChI is InChI=1S/C30H51N3O3/c1-25(2)16-22(28(7,8)31-25)34-19-13-20(35-23-17-26(3,4)32-29(23,9)10)15-21(14-19)36-24-18-27(5,6)33-30(24,11)12/h13-15,22-24,31-33H,16-18H2,1-12H3. The number of nitrogens with one attached hydrogen (secondary N) is 3. The van der Waals surface area contributed by atoms with Gasteiger partial charge in [0.25, 0.3) is 0 Å². The molecular formula is C30H51N3O3. The number of ether oxygens (including phenoxy) is 3. The summed E-state index contributed by atoms with van der Waals surface area (Å²) in [6, 6.07) is 6.12. The van der Waals surface area contributed by atoms with Crippen molar-refractivity contribution in [2.75, 3.05) is 0 Å². The molecule has 3 saturated heterocycles. The Labute approximate surface area is 219 Å². The van der Waals surface area contributed by atoms with Crippen LogP contribution in [0.4, 0.5) is 0 Å². The predicted octanol–water partition coefficient (Wildman–Crippen LogP) is 5.58. The van der Waals surface area contributed by atoms with E-state index in [-0.39, 0.29) is 51.5 Å². The lowest BCUT2D eigenvalue weighted by molar-refractivity contribution is 0.125. The lowest BCUT2D eigenvalue weighted by Gasteiger charge is -2.31. The van der Waals surface area contributed by atoms with Gasteiger partial charge < -0.3 is 30.2 Å². The average molecular weight is 502 g/mol. The predicted molar refractivity (Wildman–Crippen MR) is 147 cm³/mol. The van der Waals surface area contributed by atoms with Crippen molar-refractivity contribution in [3.8, 4) is 17.2 Å². The lowest BCUT2D eigenvalue weighted by atomic mass is 9.96. The Bertz CT molecular complexity index is 844. The largest absolute Gasteiger partial charge is 0.488 e. The first-order valence-corrected chi connectivity index (χ1v) is 13.7. The molecule has 0 aliphatic carbocycles. The second kappa shape index (κ2) is 8.51. The van der Waals surface area contributed by atoms with E-state index in [1.165, 1.54) is 0 Å². The molecule has 3 N–H and O–H groups in total. The van der Waals surface area contributed by atoms with Crippen LogP contribution < -0.4 is 30.2 Å². The Morgan fingerprint density at radius 3 is 0.861 bits per heavy atom. The molecule has 1 aromatic carbocycles. The highest BCUT2D eigenvalue weighted by Gasteiger charge is 2.48. The summed E-state index contributed by atoms with van der Waals surface area (Å²) < 4.78 is 20.0. The van der Waals surface area contributed by atoms with Crippen molar-refractivity contribution in [2.45, 2.75) is 154 Å². The topological polar surface area (TPSA) is 63.8 Å². The third-order valence-corrected chi connectivity index (χ3v) is 8.17. The van der Waals surface area contributed by atoms with Crippen molar-refractivity contribution >= 4 is 0 Å². The molecule has 3 atom stereocenters. The molecule has 0 saturated carbocycles. The zero-order valence-electron chi connectivity index (χ0n) is 24.8. The second-order valence-corrected chi connectivity index (χ2v) is 15.3. The molecule has 0 radical (unpaired) electrons. The van der Waals surface area contributed by atoms with Crippen LogP contribution in [0.15, 0.2) is 18.2 Å². The van der Waals surface area contributed by atoms with Crippen molar-refractivity contribution in [3.05, 3.63) is 18.2 Å². The molecule has 6 nitrogen and oxygen atoms in total. The Morgan fingerprint density at radius 1 is 0.472 bits per heavy atom. The fraction of sp³-hybridized carbons (Fsp3) is 0.800. The highest BCUT2D eigenvalue weighted by molar-refractivity contribution is 5.43. The van der Waals surface area contributed by atoms with Crippen LogP contribution in [0.2, 0.25) is 0 Å². The summed E-state index contributed by atoms with van der Waals surface area (Å²) in [5.74, 6) is 2.39. The Hall–Kier alpha value is -1.50. The monoisotopic (exact) mass is 501 g/mol. The zero-order valence-corrected chi connectivity index (χ0v) is 24.8. The van der Waals surface area contributed by atoms with E-state index in [0.29, 0.717) is 0 Å². The summed E-state index contributed by atoms with van der Waals surface area (Å²) in [6.07, 6.45) is 2.93. The van der Waals surface area contributed by atoms with Crippen molar-refractivity contribution in [2.24, 2.45) is 0 Å². The molecule has 6 heteroatoms. The molecule has 1 aromatic rings. The first-order chi connectivity index (χ1) is 16.2. The summed E-state index contributed by atoms with van der Waals surface area (Å²) in [5, 5.41) is 11.2. The van der Waals surface area contributed by atoms with E-state index in [1.54, 1.807) is 0 Å². The summed E-state index contributed by atoms with van der Waals surface area (Å²) in [6.45, 7) is 26.7. The number of hydrogen-bond acceptors (Lipinski definition) is 6. The van der Waals surface area contributed by atoms with Crippen molar-refractivity contribution < 1.29 is 14.2 Å². The van der Waals surface area contributed by atoms with E-state index >= 15 is 0 Å². The minimum Gasteiger partial charge on any atom is -0.488 e. The molecule has 3 unspecified atom stereocenters. The van der Waals surface area contributed by atoms with Crippen molar-refractivity contribution in [1.29, 1.82) is 0 Å². The molecular weight excluding hydrogens is 450 g/mol. The number of benzene rings is 1. The van der Waals surface area contributed by atoms with Crippen LogP contribution in [0.5, 0.6) is 17.2 Å². The Kier molecular flexibility index (Phi) is 6.50. The third kappa shape index (κ3) is 5.97. The van der Waals surface area contributed by atoms with Crippen LogP contribution in [0.3, 0.4) is 0 Å². The van der Waals surface area contributed by atoms with Gasteiger partial charge in [-0.1, -0.05) is 0 Å². The highest BCUT2D eigenvalue weighted by Crippen LogP contribution is 2.40. The summed E-state index contributed by atoms with van der Waals surface area (Å²) in [7, 11) is 0. The van der Waals surface area contributed by atoms with Gasteiger partial charge in [0.15, 0.2) is 0 Å². The smallest absolute Gasteiger partial charge is 0.127 e. The molecule has 204 valence electrons. The first kappa shape index (κ1) is 27.5. The molecule has 36 heavy (non-hydrogen) atoms. The fourth-order valence-corrected chi connectivity index (χ4v) is 6.98. The van der Waals surface area contributed by atoms with E-state index < -0.39 is 0 Å². The van der Waals surface area contributed by atoms with E-state index in [0.717, 1.165) is 36.5 Å². The molecule has 3 fully saturated rings. The summed E-state index contributed by atoms with van der Waals surface area (Å²) >= 11 is 0. The van der Waals surface area contributed by atoms with Crippen LogP contribution >= 0.6 is 0 Å². The van der Waals surface area contributed by atoms with Crippen LogP contribution in [0.1, 0.15) is 102 Å². The highest BCUT2D eigenvalue weighted by atomic mass is 16.5. The SMILES string of the molecule is CC1(C)CC(Oc2cc(OC3CC(C)(C)NC3(C)C)cc(OC3CC(C)(C)NC3(C)C)c2)C(C)(C)N1. The molecule has 3 aliphatic heterocycles. The summed E-state index contributed by atoms with van der Waals surface area (Å²) in [4.78, 5) is 0. The quantitative estimate of drug-likeness (QED) is 0.473.